The molecule has 1 nitrogen and oxygen atoms in total. The Kier molecular flexibility index (Phi) is 5.00. The van der Waals surface area contributed by atoms with Gasteiger partial charge in [-0.2, -0.15) is 0 Å². The van der Waals surface area contributed by atoms with E-state index in [4.69, 9.17) is 6.58 Å². The largest absolute Gasteiger partial charge is 0.355 e. The molecule has 0 saturated heterocycles. The third-order valence-corrected chi connectivity index (χ3v) is 9.72. The molecule has 8 rings (SSSR count). The van der Waals surface area contributed by atoms with Crippen LogP contribution in [-0.4, -0.2) is 0 Å². The summed E-state index contributed by atoms with van der Waals surface area (Å²) in [5.74, 6) is 0.122. The normalized spacial score (nSPS) is 24.4. The molecule has 4 aromatic rings. The fourth-order valence-corrected chi connectivity index (χ4v) is 8.44. The Morgan fingerprint density at radius 3 is 2.41 bits per heavy atom. The van der Waals surface area contributed by atoms with Gasteiger partial charge >= 0.3 is 0 Å². The molecule has 2 spiro atoms. The van der Waals surface area contributed by atoms with E-state index < -0.39 is 0 Å². The van der Waals surface area contributed by atoms with Crippen LogP contribution in [0.1, 0.15) is 46.2 Å². The van der Waals surface area contributed by atoms with E-state index >= 15 is 0 Å². The second-order valence-electron chi connectivity index (χ2n) is 11.4. The van der Waals surface area contributed by atoms with Gasteiger partial charge in [0.15, 0.2) is 0 Å². The predicted octanol–water partition coefficient (Wildman–Crippen LogP) is 9.92. The average Bonchev–Trinajstić information content (AvgIpc) is 3.08. The Hall–Kier alpha value is -4.88. The van der Waals surface area contributed by atoms with E-state index in [0.717, 1.165) is 5.57 Å². The van der Waals surface area contributed by atoms with Crippen LogP contribution in [0.3, 0.4) is 0 Å². The van der Waals surface area contributed by atoms with Crippen LogP contribution in [0.5, 0.6) is 0 Å². The lowest BCUT2D eigenvalue weighted by molar-refractivity contribution is 0.302. The molecule has 0 fully saturated rings. The topological polar surface area (TPSA) is 12.0 Å². The first-order valence-corrected chi connectivity index (χ1v) is 14.4. The lowest BCUT2D eigenvalue weighted by Crippen LogP contribution is -2.60. The van der Waals surface area contributed by atoms with Crippen molar-refractivity contribution >= 4 is 16.9 Å². The zero-order valence-electron chi connectivity index (χ0n) is 23.2. The van der Waals surface area contributed by atoms with Gasteiger partial charge in [-0.05, 0) is 80.8 Å². The number of benzene rings is 4. The average molecular weight is 526 g/mol. The van der Waals surface area contributed by atoms with Crippen molar-refractivity contribution in [1.82, 2.24) is 0 Å². The molecule has 1 N–H and O–H groups in total. The van der Waals surface area contributed by atoms with Gasteiger partial charge in [0.05, 0.1) is 5.41 Å². The highest BCUT2D eigenvalue weighted by Crippen LogP contribution is 2.79. The molecule has 0 amide bonds. The predicted molar refractivity (Wildman–Crippen MR) is 173 cm³/mol. The lowest BCUT2D eigenvalue weighted by atomic mass is 9.40. The van der Waals surface area contributed by atoms with Crippen LogP contribution in [0, 0.1) is 0 Å². The molecule has 4 aromatic carbocycles. The number of rotatable bonds is 4. The number of allylic oxidation sites excluding steroid dienone is 10. The van der Waals surface area contributed by atoms with Crippen molar-refractivity contribution in [2.24, 2.45) is 0 Å². The molecule has 3 aliphatic carbocycles. The van der Waals surface area contributed by atoms with E-state index in [1.807, 2.05) is 6.08 Å². The molecule has 0 aromatic heterocycles. The molecule has 0 radical (unpaired) electrons. The van der Waals surface area contributed by atoms with Crippen molar-refractivity contribution in [2.45, 2.75) is 23.7 Å². The first kappa shape index (κ1) is 24.0. The van der Waals surface area contributed by atoms with Gasteiger partial charge in [0.25, 0.3) is 0 Å². The Balaban J connectivity index is 1.55. The summed E-state index contributed by atoms with van der Waals surface area (Å²) in [5, 5.41) is 3.88. The van der Waals surface area contributed by atoms with Gasteiger partial charge < -0.3 is 5.32 Å². The van der Waals surface area contributed by atoms with Crippen LogP contribution >= 0.6 is 0 Å². The molecule has 1 heteroatoms. The van der Waals surface area contributed by atoms with Crippen LogP contribution in [0.2, 0.25) is 0 Å². The number of fused-ring (bicyclic) bond motifs is 3. The van der Waals surface area contributed by atoms with Crippen LogP contribution in [-0.2, 0) is 10.8 Å². The van der Waals surface area contributed by atoms with Gasteiger partial charge in [-0.1, -0.05) is 128 Å². The summed E-state index contributed by atoms with van der Waals surface area (Å²) in [5.41, 5.74) is 14.6. The van der Waals surface area contributed by atoms with Gasteiger partial charge in [0.2, 0.25) is 0 Å². The van der Waals surface area contributed by atoms with E-state index in [-0.39, 0.29) is 16.7 Å². The molecule has 4 aliphatic rings. The second kappa shape index (κ2) is 8.56. The van der Waals surface area contributed by atoms with Gasteiger partial charge in [-0.3, -0.25) is 0 Å². The van der Waals surface area contributed by atoms with Crippen LogP contribution in [0.4, 0.5) is 11.4 Å². The number of hydrogen-bond acceptors (Lipinski definition) is 1. The molecule has 41 heavy (non-hydrogen) atoms. The maximum atomic E-state index is 4.83. The molecule has 1 aliphatic heterocycles. The highest BCUT2D eigenvalue weighted by Gasteiger charge is 2.74. The van der Waals surface area contributed by atoms with E-state index in [1.165, 1.54) is 61.5 Å². The van der Waals surface area contributed by atoms with E-state index in [2.05, 4.69) is 146 Å². The monoisotopic (exact) mass is 525 g/mol. The SMILES string of the molecule is C=C/C=C(\C=C/C)c1ccc2c3c1C1C=CC=CC(=C)C14c1ccccc1C34c1cc(-c3ccccc3)ccc1N2. The first-order chi connectivity index (χ1) is 20.2. The van der Waals surface area contributed by atoms with Crippen LogP contribution in [0.25, 0.3) is 16.7 Å². The van der Waals surface area contributed by atoms with Gasteiger partial charge in [0.1, 0.15) is 0 Å². The smallest absolute Gasteiger partial charge is 0.0644 e. The van der Waals surface area contributed by atoms with Crippen molar-refractivity contribution in [3.05, 3.63) is 186 Å². The van der Waals surface area contributed by atoms with Crippen LogP contribution < -0.4 is 5.32 Å². The number of nitrogens with one attached hydrogen (secondary N) is 1. The fraction of sp³-hybridized carbons (Fsp3) is 0.100. The molecule has 3 unspecified atom stereocenters. The Labute approximate surface area is 242 Å². The quantitative estimate of drug-likeness (QED) is 0.261. The van der Waals surface area contributed by atoms with Crippen molar-refractivity contribution < 1.29 is 0 Å². The van der Waals surface area contributed by atoms with Gasteiger partial charge in [-0.15, -0.1) is 0 Å². The molecular formula is C40H31N. The lowest BCUT2D eigenvalue weighted by Gasteiger charge is -2.61. The van der Waals surface area contributed by atoms with E-state index in [1.54, 1.807) is 0 Å². The van der Waals surface area contributed by atoms with Crippen molar-refractivity contribution in [1.29, 1.82) is 0 Å². The third kappa shape index (κ3) is 2.76. The summed E-state index contributed by atoms with van der Waals surface area (Å²) in [7, 11) is 0. The standard InChI is InChI=1S/C40H31N/c1-4-13-28(14-5-2)30-22-24-36-38-37(30)33-20-10-9-15-26(3)39(33)31-18-11-12-19-32(31)40(38,39)34-25-29(21-23-35(34)41-36)27-16-7-6-8-17-27/h4-25,33,41H,1,3H2,2H3/b14-5-,28-13+. The molecule has 0 saturated carbocycles. The summed E-state index contributed by atoms with van der Waals surface area (Å²) < 4.78 is 0. The summed E-state index contributed by atoms with van der Waals surface area (Å²) >= 11 is 0. The zero-order valence-corrected chi connectivity index (χ0v) is 23.2. The van der Waals surface area contributed by atoms with Crippen molar-refractivity contribution in [2.75, 3.05) is 5.32 Å². The minimum Gasteiger partial charge on any atom is -0.355 e. The van der Waals surface area contributed by atoms with Gasteiger partial charge in [-0.25, -0.2) is 0 Å². The molecule has 3 atom stereocenters. The Morgan fingerprint density at radius 1 is 0.829 bits per heavy atom. The maximum Gasteiger partial charge on any atom is 0.0644 e. The second-order valence-corrected chi connectivity index (χ2v) is 11.4. The summed E-state index contributed by atoms with van der Waals surface area (Å²) in [6.07, 6.45) is 17.4. The maximum absolute atomic E-state index is 4.83. The Bertz CT molecular complexity index is 1910. The Morgan fingerprint density at radius 2 is 1.61 bits per heavy atom. The number of hydrogen-bond donors (Lipinski definition) is 1. The minimum atomic E-state index is -0.369. The highest BCUT2D eigenvalue weighted by atomic mass is 14.9. The van der Waals surface area contributed by atoms with E-state index in [9.17, 15) is 0 Å². The molecule has 1 heterocycles. The summed E-state index contributed by atoms with van der Waals surface area (Å²) in [6.45, 7) is 11.0. The number of anilines is 2. The van der Waals surface area contributed by atoms with Crippen LogP contribution in [0.15, 0.2) is 152 Å². The fourth-order valence-electron chi connectivity index (χ4n) is 8.44. The third-order valence-electron chi connectivity index (χ3n) is 9.72. The summed E-state index contributed by atoms with van der Waals surface area (Å²) in [4.78, 5) is 0. The zero-order chi connectivity index (χ0) is 27.8. The van der Waals surface area contributed by atoms with Crippen molar-refractivity contribution in [3.63, 3.8) is 0 Å². The summed E-state index contributed by atoms with van der Waals surface area (Å²) in [6, 6.07) is 31.4. The molecular weight excluding hydrogens is 494 g/mol. The molecule has 196 valence electrons. The molecule has 0 bridgehead atoms. The van der Waals surface area contributed by atoms with Gasteiger partial charge in [0, 0.05) is 22.7 Å². The highest BCUT2D eigenvalue weighted by molar-refractivity contribution is 5.95. The van der Waals surface area contributed by atoms with Crippen molar-refractivity contribution in [3.8, 4) is 11.1 Å². The minimum absolute atomic E-state index is 0.122. The first-order valence-electron chi connectivity index (χ1n) is 14.4. The van der Waals surface area contributed by atoms with E-state index in [0.29, 0.717) is 0 Å².